The maximum Gasteiger partial charge on any atom is 0.305 e. The Morgan fingerprint density at radius 2 is 0.687 bits per heavy atom. The minimum absolute atomic E-state index is 0.0184. The Balaban J connectivity index is 3.33. The molecule has 0 rings (SSSR count). The maximum atomic E-state index is 12.4. The van der Waals surface area contributed by atoms with Gasteiger partial charge in [-0.05, 0) is 32.1 Å². The van der Waals surface area contributed by atoms with Crippen molar-refractivity contribution in [3.63, 3.8) is 0 Å². The Morgan fingerprint density at radius 1 is 0.403 bits per heavy atom. The topological polar surface area (TPSA) is 95.9 Å². The van der Waals surface area contributed by atoms with Crippen LogP contribution >= 0.6 is 0 Å². The van der Waals surface area contributed by atoms with E-state index in [-0.39, 0.29) is 18.5 Å². The van der Waals surface area contributed by atoms with Crippen molar-refractivity contribution < 1.29 is 24.5 Å². The van der Waals surface area contributed by atoms with E-state index < -0.39 is 12.1 Å². The molecular formula is C61H119NO5. The average Bonchev–Trinajstić information content (AvgIpc) is 3.33. The number of carbonyl (C=O) groups is 2. The zero-order valence-corrected chi connectivity index (χ0v) is 45.4. The highest BCUT2D eigenvalue weighted by atomic mass is 16.5. The summed E-state index contributed by atoms with van der Waals surface area (Å²) < 4.78 is 5.47. The molecule has 0 saturated heterocycles. The predicted octanol–water partition coefficient (Wildman–Crippen LogP) is 18.9. The number of ether oxygens (including phenoxy) is 1. The number of rotatable bonds is 57. The van der Waals surface area contributed by atoms with Crippen LogP contribution in [-0.2, 0) is 14.3 Å². The van der Waals surface area contributed by atoms with Gasteiger partial charge in [-0.2, -0.15) is 0 Å². The molecule has 0 aliphatic carbocycles. The zero-order valence-electron chi connectivity index (χ0n) is 45.4. The third kappa shape index (κ3) is 53.8. The summed E-state index contributed by atoms with van der Waals surface area (Å²) in [4.78, 5) is 24.4. The van der Waals surface area contributed by atoms with Gasteiger partial charge < -0.3 is 20.3 Å². The molecule has 0 saturated carbocycles. The number of aliphatic hydroxyl groups is 2. The van der Waals surface area contributed by atoms with E-state index in [9.17, 15) is 19.8 Å². The van der Waals surface area contributed by atoms with Gasteiger partial charge in [-0.3, -0.25) is 9.59 Å². The SMILES string of the molecule is CCCCCCCCCCC/C=C/C(O)C(CO)NC(=O)CCCCCCCCCCCCCCCCCCCCCCCCCCCCCCOC(=O)CCCCCCCCCCCCC. The number of unbranched alkanes of at least 4 members (excludes halogenated alkanes) is 46. The van der Waals surface area contributed by atoms with E-state index in [0.717, 1.165) is 38.5 Å². The van der Waals surface area contributed by atoms with Crippen molar-refractivity contribution in [2.24, 2.45) is 0 Å². The van der Waals surface area contributed by atoms with Crippen LogP contribution in [0.2, 0.25) is 0 Å². The summed E-state index contributed by atoms with van der Waals surface area (Å²) in [5.41, 5.74) is 0. The molecule has 0 aromatic carbocycles. The molecule has 6 heteroatoms. The second-order valence-corrected chi connectivity index (χ2v) is 21.0. The number of nitrogens with one attached hydrogen (secondary N) is 1. The number of allylic oxidation sites excluding steroid dienone is 1. The van der Waals surface area contributed by atoms with Gasteiger partial charge in [0, 0.05) is 12.8 Å². The predicted molar refractivity (Wildman–Crippen MR) is 292 cm³/mol. The first-order valence-electron chi connectivity index (χ1n) is 30.5. The fourth-order valence-corrected chi connectivity index (χ4v) is 9.64. The lowest BCUT2D eigenvalue weighted by Gasteiger charge is -2.20. The molecule has 0 radical (unpaired) electrons. The van der Waals surface area contributed by atoms with Crippen molar-refractivity contribution in [2.75, 3.05) is 13.2 Å². The molecule has 3 N–H and O–H groups in total. The van der Waals surface area contributed by atoms with Crippen LogP contribution in [0.15, 0.2) is 12.2 Å². The van der Waals surface area contributed by atoms with E-state index in [4.69, 9.17) is 4.74 Å². The van der Waals surface area contributed by atoms with Gasteiger partial charge in [0.05, 0.1) is 25.4 Å². The summed E-state index contributed by atoms with van der Waals surface area (Å²) in [5.74, 6) is -0.0463. The van der Waals surface area contributed by atoms with Crippen molar-refractivity contribution in [1.82, 2.24) is 5.32 Å². The maximum absolute atomic E-state index is 12.4. The molecular weight excluding hydrogens is 827 g/mol. The molecule has 0 fully saturated rings. The third-order valence-corrected chi connectivity index (χ3v) is 14.3. The zero-order chi connectivity index (χ0) is 48.6. The summed E-state index contributed by atoms with van der Waals surface area (Å²) in [5, 5.41) is 23.0. The minimum Gasteiger partial charge on any atom is -0.466 e. The van der Waals surface area contributed by atoms with E-state index in [1.807, 2.05) is 6.08 Å². The molecule has 6 nitrogen and oxygen atoms in total. The second kappa shape index (κ2) is 57.2. The van der Waals surface area contributed by atoms with Crippen LogP contribution < -0.4 is 5.32 Å². The van der Waals surface area contributed by atoms with Gasteiger partial charge in [-0.15, -0.1) is 0 Å². The first-order chi connectivity index (χ1) is 33.0. The van der Waals surface area contributed by atoms with Crippen LogP contribution in [0.5, 0.6) is 0 Å². The van der Waals surface area contributed by atoms with Crippen LogP contribution in [-0.4, -0.2) is 47.4 Å². The molecule has 67 heavy (non-hydrogen) atoms. The number of carbonyl (C=O) groups excluding carboxylic acids is 2. The number of esters is 1. The largest absolute Gasteiger partial charge is 0.466 e. The van der Waals surface area contributed by atoms with Crippen LogP contribution in [0.4, 0.5) is 0 Å². The summed E-state index contributed by atoms with van der Waals surface area (Å²) in [7, 11) is 0. The fourth-order valence-electron chi connectivity index (χ4n) is 9.64. The van der Waals surface area contributed by atoms with Crippen molar-refractivity contribution >= 4 is 11.9 Å². The normalized spacial score (nSPS) is 12.6. The number of aliphatic hydroxyl groups excluding tert-OH is 2. The summed E-state index contributed by atoms with van der Waals surface area (Å²) in [6, 6.07) is -0.623. The molecule has 0 aliphatic heterocycles. The Labute approximate surface area is 419 Å². The van der Waals surface area contributed by atoms with Crippen molar-refractivity contribution in [2.45, 2.75) is 353 Å². The van der Waals surface area contributed by atoms with E-state index >= 15 is 0 Å². The second-order valence-electron chi connectivity index (χ2n) is 21.0. The number of amides is 1. The molecule has 1 amide bonds. The van der Waals surface area contributed by atoms with Crippen LogP contribution in [0, 0.1) is 0 Å². The Hall–Kier alpha value is -1.40. The first-order valence-corrected chi connectivity index (χ1v) is 30.5. The van der Waals surface area contributed by atoms with E-state index in [1.165, 1.54) is 276 Å². The standard InChI is InChI=1S/C61H119NO5/c1-3-5-7-9-11-13-33-37-41-45-49-53-59(64)58(57-63)62-60(65)54-50-46-42-38-35-31-29-27-25-23-21-19-17-15-16-18-20-22-24-26-28-30-32-36-40-44-48-52-56-67-61(66)55-51-47-43-39-34-14-12-10-8-6-4-2/h49,53,58-59,63-64H,3-48,50-52,54-57H2,1-2H3,(H,62,65)/b53-49+. The Kier molecular flexibility index (Phi) is 56.0. The van der Waals surface area contributed by atoms with Gasteiger partial charge in [0.2, 0.25) is 5.91 Å². The van der Waals surface area contributed by atoms with E-state index in [2.05, 4.69) is 19.2 Å². The highest BCUT2D eigenvalue weighted by Crippen LogP contribution is 2.18. The average molecular weight is 947 g/mol. The molecule has 398 valence electrons. The molecule has 2 atom stereocenters. The summed E-state index contributed by atoms with van der Waals surface area (Å²) >= 11 is 0. The summed E-state index contributed by atoms with van der Waals surface area (Å²) in [6.45, 7) is 4.91. The highest BCUT2D eigenvalue weighted by molar-refractivity contribution is 5.76. The van der Waals surface area contributed by atoms with Gasteiger partial charge in [0.25, 0.3) is 0 Å². The van der Waals surface area contributed by atoms with Gasteiger partial charge >= 0.3 is 5.97 Å². The summed E-state index contributed by atoms with van der Waals surface area (Å²) in [6.07, 6.45) is 68.4. The van der Waals surface area contributed by atoms with Gasteiger partial charge in [0.15, 0.2) is 0 Å². The lowest BCUT2D eigenvalue weighted by atomic mass is 10.0. The number of hydrogen-bond acceptors (Lipinski definition) is 5. The van der Waals surface area contributed by atoms with Crippen LogP contribution in [0.3, 0.4) is 0 Å². The highest BCUT2D eigenvalue weighted by Gasteiger charge is 2.18. The molecule has 0 aliphatic rings. The van der Waals surface area contributed by atoms with Crippen molar-refractivity contribution in [1.29, 1.82) is 0 Å². The monoisotopic (exact) mass is 946 g/mol. The van der Waals surface area contributed by atoms with E-state index in [0.29, 0.717) is 19.4 Å². The molecule has 0 bridgehead atoms. The number of hydrogen-bond donors (Lipinski definition) is 3. The first kappa shape index (κ1) is 65.6. The minimum atomic E-state index is -0.839. The van der Waals surface area contributed by atoms with Crippen LogP contribution in [0.1, 0.15) is 341 Å². The molecule has 0 aromatic rings. The van der Waals surface area contributed by atoms with E-state index in [1.54, 1.807) is 6.08 Å². The molecule has 2 unspecified atom stereocenters. The van der Waals surface area contributed by atoms with Gasteiger partial charge in [-0.1, -0.05) is 309 Å². The molecule has 0 aromatic heterocycles. The molecule has 0 heterocycles. The lowest BCUT2D eigenvalue weighted by molar-refractivity contribution is -0.143. The molecule has 0 spiro atoms. The smallest absolute Gasteiger partial charge is 0.305 e. The Bertz CT molecular complexity index is 1000. The van der Waals surface area contributed by atoms with Crippen LogP contribution in [0.25, 0.3) is 0 Å². The van der Waals surface area contributed by atoms with Gasteiger partial charge in [0.1, 0.15) is 0 Å². The van der Waals surface area contributed by atoms with Crippen molar-refractivity contribution in [3.05, 3.63) is 12.2 Å². The lowest BCUT2D eigenvalue weighted by Crippen LogP contribution is -2.45. The fraction of sp³-hybridized carbons (Fsp3) is 0.934. The van der Waals surface area contributed by atoms with Crippen molar-refractivity contribution in [3.8, 4) is 0 Å². The quantitative estimate of drug-likeness (QED) is 0.0321. The third-order valence-electron chi connectivity index (χ3n) is 14.3. The van der Waals surface area contributed by atoms with Gasteiger partial charge in [-0.25, -0.2) is 0 Å². The Morgan fingerprint density at radius 3 is 1.01 bits per heavy atom.